The largest absolute Gasteiger partial charge is 0.481 e. The summed E-state index contributed by atoms with van der Waals surface area (Å²) in [7, 11) is 3.16. The molecule has 4 aromatic rings. The molecule has 0 spiro atoms. The highest BCUT2D eigenvalue weighted by Gasteiger charge is 2.30. The number of benzene rings is 2. The molecule has 9 nitrogen and oxygen atoms in total. The minimum absolute atomic E-state index is 0. The van der Waals surface area contributed by atoms with Gasteiger partial charge in [0, 0.05) is 74.2 Å². The van der Waals surface area contributed by atoms with Crippen LogP contribution < -0.4 is 13.8 Å². The molecule has 1 aliphatic rings. The fourth-order valence-corrected chi connectivity index (χ4v) is 6.46. The topological polar surface area (TPSA) is 80.1 Å². The standard InChI is InChI=1S/C27H33N5O4S.ClH/c1-29-13-15-31(16-14-29)17-18-32(25-11-12-26(35-3)28-27(25)36-4)37(33,34)20-9-10-24-22(19-20)21-7-5-6-8-23(21)30(24)2;/h5-12,19H,13-18H2,1-4H3;1H. The summed E-state index contributed by atoms with van der Waals surface area (Å²) in [4.78, 5) is 9.16. The van der Waals surface area contributed by atoms with Crippen molar-refractivity contribution < 1.29 is 17.9 Å². The Morgan fingerprint density at radius 1 is 0.895 bits per heavy atom. The summed E-state index contributed by atoms with van der Waals surface area (Å²) in [6, 6.07) is 16.7. The number of hydrogen-bond acceptors (Lipinski definition) is 7. The minimum atomic E-state index is -3.94. The van der Waals surface area contributed by atoms with Gasteiger partial charge < -0.3 is 18.9 Å². The van der Waals surface area contributed by atoms with Crippen molar-refractivity contribution in [3.63, 3.8) is 0 Å². The smallest absolute Gasteiger partial charge is 0.264 e. The van der Waals surface area contributed by atoms with Crippen LogP contribution in [-0.4, -0.2) is 88.3 Å². The van der Waals surface area contributed by atoms with E-state index in [2.05, 4.69) is 26.4 Å². The number of anilines is 1. The predicted molar refractivity (Wildman–Crippen MR) is 153 cm³/mol. The van der Waals surface area contributed by atoms with E-state index in [1.807, 2.05) is 37.4 Å². The van der Waals surface area contributed by atoms with Crippen LogP contribution in [0.4, 0.5) is 5.69 Å². The first-order valence-corrected chi connectivity index (χ1v) is 13.8. The lowest BCUT2D eigenvalue weighted by Crippen LogP contribution is -2.47. The summed E-state index contributed by atoms with van der Waals surface area (Å²) < 4.78 is 42.8. The average molecular weight is 560 g/mol. The lowest BCUT2D eigenvalue weighted by molar-refractivity contribution is 0.157. The van der Waals surface area contributed by atoms with Gasteiger partial charge in [0.05, 0.1) is 19.1 Å². The van der Waals surface area contributed by atoms with Crippen molar-refractivity contribution in [3.8, 4) is 11.8 Å². The second-order valence-corrected chi connectivity index (χ2v) is 11.2. The maximum absolute atomic E-state index is 14.2. The minimum Gasteiger partial charge on any atom is -0.481 e. The second kappa shape index (κ2) is 11.4. The number of rotatable bonds is 8. The highest BCUT2D eigenvalue weighted by Crippen LogP contribution is 2.35. The highest BCUT2D eigenvalue weighted by molar-refractivity contribution is 7.92. The van der Waals surface area contributed by atoms with Crippen LogP contribution in [0.25, 0.3) is 21.8 Å². The third-order valence-electron chi connectivity index (χ3n) is 7.17. The van der Waals surface area contributed by atoms with E-state index in [-0.39, 0.29) is 29.7 Å². The van der Waals surface area contributed by atoms with E-state index in [9.17, 15) is 8.42 Å². The van der Waals surface area contributed by atoms with Crippen molar-refractivity contribution >= 4 is 49.9 Å². The Kier molecular flexibility index (Phi) is 8.37. The maximum atomic E-state index is 14.2. The van der Waals surface area contributed by atoms with Gasteiger partial charge in [0.1, 0.15) is 5.69 Å². The molecule has 0 N–H and O–H groups in total. The van der Waals surface area contributed by atoms with E-state index in [1.54, 1.807) is 24.3 Å². The fourth-order valence-electron chi connectivity index (χ4n) is 4.98. The molecule has 1 fully saturated rings. The SMILES string of the molecule is COc1ccc(N(CCN2CCN(C)CC2)S(=O)(=O)c2ccc3c(c2)c2ccccc2n3C)c(OC)n1.Cl. The van der Waals surface area contributed by atoms with Crippen LogP contribution in [0.5, 0.6) is 11.8 Å². The van der Waals surface area contributed by atoms with Crippen molar-refractivity contribution in [2.24, 2.45) is 7.05 Å². The zero-order valence-corrected chi connectivity index (χ0v) is 23.8. The lowest BCUT2D eigenvalue weighted by atomic mass is 10.1. The van der Waals surface area contributed by atoms with E-state index >= 15 is 0 Å². The van der Waals surface area contributed by atoms with Crippen molar-refractivity contribution in [2.75, 3.05) is 64.8 Å². The number of piperazine rings is 1. The van der Waals surface area contributed by atoms with Gasteiger partial charge in [0.25, 0.3) is 10.0 Å². The zero-order valence-electron chi connectivity index (χ0n) is 22.1. The third kappa shape index (κ3) is 5.13. The van der Waals surface area contributed by atoms with Crippen molar-refractivity contribution in [1.82, 2.24) is 19.4 Å². The number of ether oxygens (including phenoxy) is 2. The molecule has 0 unspecified atom stereocenters. The van der Waals surface area contributed by atoms with Crippen molar-refractivity contribution in [2.45, 2.75) is 4.90 Å². The number of pyridine rings is 1. The number of halogens is 1. The van der Waals surface area contributed by atoms with E-state index < -0.39 is 10.0 Å². The maximum Gasteiger partial charge on any atom is 0.264 e. The Labute approximate surface area is 230 Å². The molecule has 204 valence electrons. The monoisotopic (exact) mass is 559 g/mol. The summed E-state index contributed by atoms with van der Waals surface area (Å²) in [5, 5.41) is 1.92. The molecule has 3 heterocycles. The molecule has 38 heavy (non-hydrogen) atoms. The molecule has 0 saturated carbocycles. The molecular weight excluding hydrogens is 526 g/mol. The molecular formula is C27H34ClN5O4S. The molecule has 2 aromatic carbocycles. The summed E-state index contributed by atoms with van der Waals surface area (Å²) in [5.74, 6) is 0.557. The Hall–Kier alpha value is -3.05. The summed E-state index contributed by atoms with van der Waals surface area (Å²) in [6.45, 7) is 4.56. The van der Waals surface area contributed by atoms with E-state index in [0.29, 0.717) is 18.1 Å². The molecule has 0 radical (unpaired) electrons. The van der Waals surface area contributed by atoms with Crippen molar-refractivity contribution in [3.05, 3.63) is 54.6 Å². The third-order valence-corrected chi connectivity index (χ3v) is 8.98. The van der Waals surface area contributed by atoms with E-state index in [1.165, 1.54) is 18.5 Å². The number of aryl methyl sites for hydroxylation is 1. The van der Waals surface area contributed by atoms with Crippen LogP contribution in [0, 0.1) is 0 Å². The second-order valence-electron chi connectivity index (χ2n) is 9.36. The Balaban J connectivity index is 0.00000336. The van der Waals surface area contributed by atoms with E-state index in [4.69, 9.17) is 9.47 Å². The van der Waals surface area contributed by atoms with E-state index in [0.717, 1.165) is 48.0 Å². The number of nitrogens with zero attached hydrogens (tertiary/aromatic N) is 5. The summed E-state index contributed by atoms with van der Waals surface area (Å²) >= 11 is 0. The van der Waals surface area contributed by atoms with Crippen LogP contribution in [0.1, 0.15) is 0 Å². The van der Waals surface area contributed by atoms with Gasteiger partial charge in [0.15, 0.2) is 0 Å². The molecule has 1 saturated heterocycles. The molecule has 0 atom stereocenters. The van der Waals surface area contributed by atoms with Gasteiger partial charge in [-0.3, -0.25) is 9.21 Å². The summed E-state index contributed by atoms with van der Waals surface area (Å²) in [5.41, 5.74) is 2.42. The fraction of sp³-hybridized carbons (Fsp3) is 0.370. The van der Waals surface area contributed by atoms with Gasteiger partial charge in [0.2, 0.25) is 11.8 Å². The zero-order chi connectivity index (χ0) is 26.2. The predicted octanol–water partition coefficient (Wildman–Crippen LogP) is 3.61. The van der Waals surface area contributed by atoms with Gasteiger partial charge in [-0.1, -0.05) is 18.2 Å². The number of methoxy groups -OCH3 is 2. The van der Waals surface area contributed by atoms with Gasteiger partial charge in [-0.15, -0.1) is 12.4 Å². The number of likely N-dealkylation sites (N-methyl/N-ethyl adjacent to an activating group) is 1. The highest BCUT2D eigenvalue weighted by atomic mass is 35.5. The van der Waals surface area contributed by atoms with Gasteiger partial charge in [-0.2, -0.15) is 4.98 Å². The molecule has 2 aromatic heterocycles. The lowest BCUT2D eigenvalue weighted by Gasteiger charge is -2.34. The van der Waals surface area contributed by atoms with Crippen LogP contribution in [0.15, 0.2) is 59.5 Å². The summed E-state index contributed by atoms with van der Waals surface area (Å²) in [6.07, 6.45) is 0. The first kappa shape index (κ1) is 28.0. The van der Waals surface area contributed by atoms with Crippen LogP contribution in [-0.2, 0) is 17.1 Å². The molecule has 0 bridgehead atoms. The number of hydrogen-bond donors (Lipinski definition) is 0. The van der Waals surface area contributed by atoms with Crippen LogP contribution in [0.3, 0.4) is 0 Å². The molecule has 0 amide bonds. The molecule has 0 aliphatic carbocycles. The number of para-hydroxylation sites is 1. The van der Waals surface area contributed by atoms with Crippen LogP contribution in [0.2, 0.25) is 0 Å². The molecule has 1 aliphatic heterocycles. The Bertz CT molecular complexity index is 1530. The number of sulfonamides is 1. The van der Waals surface area contributed by atoms with Crippen LogP contribution >= 0.6 is 12.4 Å². The quantitative estimate of drug-likeness (QED) is 0.326. The molecule has 5 rings (SSSR count). The normalized spacial score (nSPS) is 14.9. The van der Waals surface area contributed by atoms with Crippen molar-refractivity contribution in [1.29, 1.82) is 0 Å². The van der Waals surface area contributed by atoms with Gasteiger partial charge in [-0.25, -0.2) is 8.42 Å². The average Bonchev–Trinajstić information content (AvgIpc) is 3.21. The first-order chi connectivity index (χ1) is 17.8. The molecule has 11 heteroatoms. The van der Waals surface area contributed by atoms with Gasteiger partial charge >= 0.3 is 0 Å². The number of fused-ring (bicyclic) bond motifs is 3. The van der Waals surface area contributed by atoms with Gasteiger partial charge in [-0.05, 0) is 37.4 Å². The Morgan fingerprint density at radius 3 is 2.32 bits per heavy atom. The first-order valence-electron chi connectivity index (χ1n) is 12.3. The number of aromatic nitrogens is 2. The Morgan fingerprint density at radius 2 is 1.61 bits per heavy atom.